The predicted molar refractivity (Wildman–Crippen MR) is 188 cm³/mol. The normalized spacial score (nSPS) is 12.0. The number of hydrogen-bond acceptors (Lipinski definition) is 3. The van der Waals surface area contributed by atoms with Crippen LogP contribution >= 0.6 is 0 Å². The first-order valence-electron chi connectivity index (χ1n) is 15.3. The van der Waals surface area contributed by atoms with Crippen LogP contribution in [0.3, 0.4) is 0 Å². The Hall–Kier alpha value is -6.06. The first-order valence-corrected chi connectivity index (χ1v) is 15.3. The fourth-order valence-corrected chi connectivity index (χ4v) is 7.27. The van der Waals surface area contributed by atoms with E-state index in [0.29, 0.717) is 0 Å². The van der Waals surface area contributed by atoms with Gasteiger partial charge in [-0.1, -0.05) is 109 Å². The van der Waals surface area contributed by atoms with Gasteiger partial charge in [0.15, 0.2) is 0 Å². The maximum Gasteiger partial charge on any atom is 0.136 e. The summed E-state index contributed by atoms with van der Waals surface area (Å²) in [5, 5.41) is 9.37. The number of para-hydroxylation sites is 3. The van der Waals surface area contributed by atoms with Crippen molar-refractivity contribution in [3.05, 3.63) is 146 Å². The quantitative estimate of drug-likeness (QED) is 0.153. The van der Waals surface area contributed by atoms with Crippen LogP contribution in [0.1, 0.15) is 0 Å². The second kappa shape index (κ2) is 9.22. The van der Waals surface area contributed by atoms with E-state index in [1.807, 2.05) is 36.4 Å². The van der Waals surface area contributed by atoms with Crippen LogP contribution in [0.2, 0.25) is 0 Å². The van der Waals surface area contributed by atoms with Gasteiger partial charge in [0.1, 0.15) is 11.2 Å². The third-order valence-corrected chi connectivity index (χ3v) is 9.22. The summed E-state index contributed by atoms with van der Waals surface area (Å²) in [5.41, 5.74) is 10.2. The van der Waals surface area contributed by atoms with Crippen molar-refractivity contribution in [2.24, 2.45) is 0 Å². The van der Waals surface area contributed by atoms with Gasteiger partial charge in [-0.05, 0) is 85.6 Å². The lowest BCUT2D eigenvalue weighted by molar-refractivity contribution is 0.669. The number of aromatic nitrogens is 2. The highest BCUT2D eigenvalue weighted by molar-refractivity contribution is 6.25. The molecule has 3 nitrogen and oxygen atoms in total. The molecule has 0 fully saturated rings. The van der Waals surface area contributed by atoms with Gasteiger partial charge in [0.25, 0.3) is 0 Å². The van der Waals surface area contributed by atoms with E-state index in [0.717, 1.165) is 60.5 Å². The smallest absolute Gasteiger partial charge is 0.136 e. The molecule has 0 bridgehead atoms. The zero-order valence-electron chi connectivity index (χ0n) is 24.2. The molecular weight excluding hydrogens is 548 g/mol. The van der Waals surface area contributed by atoms with Crippen LogP contribution in [-0.4, -0.2) is 9.97 Å². The first kappa shape index (κ1) is 24.4. The highest BCUT2D eigenvalue weighted by Gasteiger charge is 2.20. The van der Waals surface area contributed by atoms with E-state index in [9.17, 15) is 0 Å². The molecule has 10 rings (SSSR count). The van der Waals surface area contributed by atoms with Gasteiger partial charge in [0, 0.05) is 16.2 Å². The minimum absolute atomic E-state index is 0.898. The van der Waals surface area contributed by atoms with Crippen molar-refractivity contribution in [3.8, 4) is 22.3 Å². The monoisotopic (exact) mass is 572 g/mol. The molecular formula is C42H24N2O. The molecule has 0 aliphatic carbocycles. The molecule has 0 spiro atoms. The lowest BCUT2D eigenvalue weighted by Crippen LogP contribution is -1.94. The Labute approximate surface area is 258 Å². The SMILES string of the molecule is c1ccc2nc3c(cc(-c4c5ccccc5c(-c5ccc6c(c5)oc5ccccc56)c5ccccc45)c4ccccc43)nc2c1. The molecule has 0 radical (unpaired) electrons. The Bertz CT molecular complexity index is 2770. The number of rotatable bonds is 2. The zero-order valence-corrected chi connectivity index (χ0v) is 24.2. The van der Waals surface area contributed by atoms with Crippen LogP contribution < -0.4 is 0 Å². The van der Waals surface area contributed by atoms with Crippen LogP contribution in [0.4, 0.5) is 0 Å². The molecule has 0 saturated carbocycles. The fraction of sp³-hybridized carbons (Fsp3) is 0. The van der Waals surface area contributed by atoms with E-state index in [4.69, 9.17) is 14.4 Å². The Balaban J connectivity index is 1.33. The van der Waals surface area contributed by atoms with Gasteiger partial charge in [0.05, 0.1) is 22.1 Å². The van der Waals surface area contributed by atoms with E-state index in [1.165, 1.54) is 38.1 Å². The molecule has 0 amide bonds. The topological polar surface area (TPSA) is 38.9 Å². The molecule has 0 atom stereocenters. The average Bonchev–Trinajstić information content (AvgIpc) is 3.47. The lowest BCUT2D eigenvalue weighted by Gasteiger charge is -2.19. The summed E-state index contributed by atoms with van der Waals surface area (Å²) in [6.07, 6.45) is 0. The van der Waals surface area contributed by atoms with Crippen molar-refractivity contribution >= 4 is 76.3 Å². The van der Waals surface area contributed by atoms with Gasteiger partial charge in [-0.25, -0.2) is 9.97 Å². The Morgan fingerprint density at radius 1 is 0.356 bits per heavy atom. The van der Waals surface area contributed by atoms with Crippen molar-refractivity contribution in [2.75, 3.05) is 0 Å². The van der Waals surface area contributed by atoms with Gasteiger partial charge in [-0.2, -0.15) is 0 Å². The van der Waals surface area contributed by atoms with Crippen LogP contribution in [0, 0.1) is 0 Å². The van der Waals surface area contributed by atoms with E-state index < -0.39 is 0 Å². The van der Waals surface area contributed by atoms with E-state index >= 15 is 0 Å². The van der Waals surface area contributed by atoms with Crippen molar-refractivity contribution in [1.29, 1.82) is 0 Å². The average molecular weight is 573 g/mol. The van der Waals surface area contributed by atoms with Gasteiger partial charge >= 0.3 is 0 Å². The predicted octanol–water partition coefficient (Wildman–Crippen LogP) is 11.5. The van der Waals surface area contributed by atoms with Gasteiger partial charge in [0.2, 0.25) is 0 Å². The molecule has 208 valence electrons. The summed E-state index contributed by atoms with van der Waals surface area (Å²) in [7, 11) is 0. The highest BCUT2D eigenvalue weighted by Crippen LogP contribution is 2.47. The zero-order chi connectivity index (χ0) is 29.5. The van der Waals surface area contributed by atoms with Crippen molar-refractivity contribution < 1.29 is 4.42 Å². The molecule has 2 heterocycles. The van der Waals surface area contributed by atoms with Crippen LogP contribution in [0.5, 0.6) is 0 Å². The van der Waals surface area contributed by atoms with Gasteiger partial charge in [-0.3, -0.25) is 0 Å². The van der Waals surface area contributed by atoms with Crippen molar-refractivity contribution in [3.63, 3.8) is 0 Å². The molecule has 0 saturated heterocycles. The molecule has 0 N–H and O–H groups in total. The standard InChI is InChI=1S/C42H24N2O/c1-6-17-33-26(11-1)34(24-37-42(33)44-36-19-9-8-18-35(36)43-37)41-31-15-4-2-13-29(31)40(30-14-3-5-16-32(30)41)25-21-22-28-27-12-7-10-20-38(27)45-39(28)23-25/h1-24H. The van der Waals surface area contributed by atoms with Gasteiger partial charge in [-0.15, -0.1) is 0 Å². The number of furan rings is 1. The Morgan fingerprint density at radius 3 is 1.60 bits per heavy atom. The van der Waals surface area contributed by atoms with Crippen LogP contribution in [0.25, 0.3) is 98.6 Å². The number of fused-ring (bicyclic) bond motifs is 9. The molecule has 8 aromatic carbocycles. The van der Waals surface area contributed by atoms with Crippen LogP contribution in [0.15, 0.2) is 150 Å². The molecule has 0 aliphatic heterocycles. The largest absolute Gasteiger partial charge is 0.456 e. The molecule has 10 aromatic rings. The maximum absolute atomic E-state index is 6.34. The summed E-state index contributed by atoms with van der Waals surface area (Å²) in [5.74, 6) is 0. The molecule has 0 aliphatic rings. The van der Waals surface area contributed by atoms with E-state index in [2.05, 4.69) is 109 Å². The third kappa shape index (κ3) is 3.52. The van der Waals surface area contributed by atoms with Gasteiger partial charge < -0.3 is 4.42 Å². The fourth-order valence-electron chi connectivity index (χ4n) is 7.27. The number of nitrogens with zero attached hydrogens (tertiary/aromatic N) is 2. The highest BCUT2D eigenvalue weighted by atomic mass is 16.3. The summed E-state index contributed by atoms with van der Waals surface area (Å²) in [6, 6.07) is 51.4. The second-order valence-corrected chi connectivity index (χ2v) is 11.7. The summed E-state index contributed by atoms with van der Waals surface area (Å²) in [4.78, 5) is 10.2. The lowest BCUT2D eigenvalue weighted by atomic mass is 9.84. The molecule has 0 unspecified atom stereocenters. The van der Waals surface area contributed by atoms with E-state index in [1.54, 1.807) is 0 Å². The van der Waals surface area contributed by atoms with E-state index in [-0.39, 0.29) is 0 Å². The maximum atomic E-state index is 6.34. The third-order valence-electron chi connectivity index (χ3n) is 9.22. The Morgan fingerprint density at radius 2 is 0.889 bits per heavy atom. The van der Waals surface area contributed by atoms with Crippen LogP contribution in [-0.2, 0) is 0 Å². The molecule has 45 heavy (non-hydrogen) atoms. The molecule has 2 aromatic heterocycles. The van der Waals surface area contributed by atoms with Crippen molar-refractivity contribution in [1.82, 2.24) is 9.97 Å². The summed E-state index contributed by atoms with van der Waals surface area (Å²) < 4.78 is 6.34. The second-order valence-electron chi connectivity index (χ2n) is 11.7. The molecule has 3 heteroatoms. The Kier molecular flexibility index (Phi) is 5.00. The number of hydrogen-bond donors (Lipinski definition) is 0. The van der Waals surface area contributed by atoms with Crippen molar-refractivity contribution in [2.45, 2.75) is 0 Å². The first-order chi connectivity index (χ1) is 22.3. The summed E-state index contributed by atoms with van der Waals surface area (Å²) >= 11 is 0. The minimum atomic E-state index is 0.898. The summed E-state index contributed by atoms with van der Waals surface area (Å²) in [6.45, 7) is 0. The minimum Gasteiger partial charge on any atom is -0.456 e. The number of benzene rings is 8.